The fourth-order valence-electron chi connectivity index (χ4n) is 30.2. The van der Waals surface area contributed by atoms with Crippen LogP contribution < -0.4 is 5.32 Å². The van der Waals surface area contributed by atoms with Crippen LogP contribution in [-0.2, 0) is 46.2 Å². The van der Waals surface area contributed by atoms with Crippen LogP contribution in [0.15, 0.2) is 83.2 Å². The van der Waals surface area contributed by atoms with Gasteiger partial charge in [-0.1, -0.05) is 107 Å². The van der Waals surface area contributed by atoms with Crippen LogP contribution in [0.3, 0.4) is 0 Å². The first kappa shape index (κ1) is 56.3. The molecule has 0 amide bonds. The zero-order chi connectivity index (χ0) is 60.4. The number of hydrogen-bond acceptors (Lipinski definition) is 13. The molecule has 8 heterocycles. The van der Waals surface area contributed by atoms with E-state index >= 15 is 19.5 Å². The minimum absolute atomic E-state index is 0.0563. The lowest BCUT2D eigenvalue weighted by Gasteiger charge is -2.74. The molecule has 11 aliphatic carbocycles. The minimum atomic E-state index is -1.50. The molecule has 10 saturated carbocycles. The van der Waals surface area contributed by atoms with Crippen LogP contribution in [0.2, 0.25) is 0 Å². The molecule has 5 saturated heterocycles. The van der Waals surface area contributed by atoms with Gasteiger partial charge in [-0.3, -0.25) is 14.9 Å². The Bertz CT molecular complexity index is 3460. The summed E-state index contributed by atoms with van der Waals surface area (Å²) < 4.78 is 38.0. The van der Waals surface area contributed by atoms with Gasteiger partial charge >= 0.3 is 11.9 Å². The number of cyclic esters (lactones) is 2. The Labute approximate surface area is 530 Å². The van der Waals surface area contributed by atoms with Crippen LogP contribution in [0.1, 0.15) is 184 Å². The predicted octanol–water partition coefficient (Wildman–Crippen LogP) is 11.2. The number of nitrogens with one attached hydrogen (secondary N) is 1. The monoisotopic (exact) mass is 1220 g/mol. The summed E-state index contributed by atoms with van der Waals surface area (Å²) in [5.74, 6) is -0.201. The second kappa shape index (κ2) is 18.7. The number of aliphatic hydroxyl groups is 3. The molecular formula is C77H96N2O11. The number of hydrogen-bond donors (Lipinski definition) is 4. The molecule has 4 N–H and O–H groups in total. The van der Waals surface area contributed by atoms with Crippen molar-refractivity contribution in [3.05, 3.63) is 95.6 Å². The smallest absolute Gasteiger partial charge is 0.339 e. The highest BCUT2D eigenvalue weighted by Gasteiger charge is 3.02. The van der Waals surface area contributed by atoms with Crippen molar-refractivity contribution in [3.8, 4) is 0 Å². The van der Waals surface area contributed by atoms with Crippen LogP contribution in [0.4, 0.5) is 0 Å². The summed E-state index contributed by atoms with van der Waals surface area (Å²) in [6.45, 7) is 3.86. The number of carbonyl (C=O) groups excluding carboxylic acids is 3. The third-order valence-electron chi connectivity index (χ3n) is 32.4. The summed E-state index contributed by atoms with van der Waals surface area (Å²) in [6, 6.07) is 13.3. The summed E-state index contributed by atoms with van der Waals surface area (Å²) >= 11 is 0. The van der Waals surface area contributed by atoms with Gasteiger partial charge in [-0.2, -0.15) is 0 Å². The maximum absolute atomic E-state index is 17.8. The van der Waals surface area contributed by atoms with Crippen molar-refractivity contribution in [1.82, 2.24) is 10.2 Å². The first-order valence-corrected chi connectivity index (χ1v) is 36.7. The van der Waals surface area contributed by atoms with E-state index in [0.717, 1.165) is 134 Å². The van der Waals surface area contributed by atoms with Crippen molar-refractivity contribution in [2.75, 3.05) is 26.4 Å². The number of ketones is 1. The fourth-order valence-corrected chi connectivity index (χ4v) is 30.2. The molecule has 25 unspecified atom stereocenters. The van der Waals surface area contributed by atoms with Crippen molar-refractivity contribution in [1.29, 1.82) is 0 Å². The van der Waals surface area contributed by atoms with E-state index in [-0.39, 0.29) is 77.2 Å². The van der Waals surface area contributed by atoms with Gasteiger partial charge in [-0.05, 0) is 215 Å². The van der Waals surface area contributed by atoms with E-state index < -0.39 is 86.1 Å². The minimum Gasteiger partial charge on any atom is -0.469 e. The third-order valence-corrected chi connectivity index (χ3v) is 32.4. The fraction of sp³-hybridized carbons (Fsp3) is 0.753. The zero-order valence-electron chi connectivity index (χ0n) is 53.0. The number of rotatable bonds is 10. The Balaban J connectivity index is 0.811. The maximum atomic E-state index is 17.8. The van der Waals surface area contributed by atoms with Crippen LogP contribution in [0, 0.1) is 109 Å². The van der Waals surface area contributed by atoms with Crippen molar-refractivity contribution >= 4 is 17.7 Å². The molecule has 0 radical (unpaired) electrons. The van der Waals surface area contributed by atoms with E-state index in [1.165, 1.54) is 43.2 Å². The molecule has 15 fully saturated rings. The Morgan fingerprint density at radius 2 is 1.70 bits per heavy atom. The van der Waals surface area contributed by atoms with Gasteiger partial charge in [0.15, 0.2) is 11.9 Å². The van der Waals surface area contributed by atoms with E-state index in [2.05, 4.69) is 78.0 Å². The van der Waals surface area contributed by atoms with Gasteiger partial charge in [0.25, 0.3) is 0 Å². The Kier molecular flexibility index (Phi) is 11.7. The summed E-state index contributed by atoms with van der Waals surface area (Å²) in [5.41, 5.74) is -5.46. The first-order chi connectivity index (χ1) is 43.8. The van der Waals surface area contributed by atoms with Gasteiger partial charge in [0.1, 0.15) is 41.2 Å². The summed E-state index contributed by atoms with van der Waals surface area (Å²) in [5, 5.41) is 41.7. The molecular weight excluding hydrogens is 1130 g/mol. The molecule has 13 nitrogen and oxygen atoms in total. The largest absolute Gasteiger partial charge is 0.469 e. The lowest BCUT2D eigenvalue weighted by molar-refractivity contribution is -0.311. The van der Waals surface area contributed by atoms with Crippen molar-refractivity contribution in [3.63, 3.8) is 0 Å². The third kappa shape index (κ3) is 6.20. The van der Waals surface area contributed by atoms with Gasteiger partial charge in [0, 0.05) is 40.8 Å². The first-order valence-electron chi connectivity index (χ1n) is 36.7. The molecule has 25 atom stereocenters. The Hall–Kier alpha value is -4.11. The Morgan fingerprint density at radius 3 is 2.54 bits per heavy atom. The van der Waals surface area contributed by atoms with Gasteiger partial charge in [-0.15, -0.1) is 0 Å². The number of furan rings is 1. The molecule has 20 rings (SSSR count). The molecule has 6 bridgehead atoms. The standard InChI is InChI=1S/C77H96N2O11/c1-68-37-48-38-74-53-34-50(70(74)28-27-69(41-70)23-8-9-24-69)20-26-73(74)67(85)87-42-71-61(48)75(51-16-10-13-45(32-51)31-44-11-4-2-5-12-44,63(83)60(82)62(71)72(49-14-6-3-7-15-49)25-19-52(35-53)76(71,73)90-72)77(68)65(89-77)66(84)88-64(68)55-22-30-86-59(55)36-56(58(81)40-80)46-17-18-54-47(33-46)21-29-79-43-78-39-57(54)79/h2,4-5,11-12,19-22,26,29-30,45-51,53-54,56-58,61-65,78,80-81,83H,3,6-10,13-18,23-25,27-28,31-43H2,1H3. The van der Waals surface area contributed by atoms with Gasteiger partial charge in [-0.25, -0.2) is 4.79 Å². The molecule has 480 valence electrons. The maximum Gasteiger partial charge on any atom is 0.339 e. The van der Waals surface area contributed by atoms with Gasteiger partial charge in [0.2, 0.25) is 0 Å². The van der Waals surface area contributed by atoms with E-state index in [0.29, 0.717) is 48.8 Å². The number of epoxide rings is 1. The molecule has 7 aliphatic heterocycles. The van der Waals surface area contributed by atoms with E-state index in [1.807, 2.05) is 6.07 Å². The van der Waals surface area contributed by atoms with Crippen LogP contribution in [0.5, 0.6) is 0 Å². The van der Waals surface area contributed by atoms with Crippen LogP contribution in [-0.4, -0.2) is 106 Å². The van der Waals surface area contributed by atoms with Gasteiger partial charge < -0.3 is 43.6 Å². The second-order valence-electron chi connectivity index (χ2n) is 34.6. The summed E-state index contributed by atoms with van der Waals surface area (Å²) in [6.07, 6.45) is 34.4. The number of ether oxygens (including phenoxy) is 4. The second-order valence-corrected chi connectivity index (χ2v) is 34.6. The van der Waals surface area contributed by atoms with Crippen molar-refractivity contribution < 1.29 is 53.1 Å². The molecule has 13 heteroatoms. The number of allylic oxidation sites excluding steroid dienone is 2. The number of fused-ring (bicyclic) bond motifs is 5. The lowest BCUT2D eigenvalue weighted by Crippen LogP contribution is -2.84. The number of benzene rings is 1. The number of nitrogens with zero attached hydrogens (tertiary/aromatic N) is 1. The average Bonchev–Trinajstić information content (AvgIpc) is 1.39. The van der Waals surface area contributed by atoms with E-state index in [4.69, 9.17) is 23.4 Å². The van der Waals surface area contributed by atoms with E-state index in [9.17, 15) is 10.2 Å². The van der Waals surface area contributed by atoms with Crippen LogP contribution >= 0.6 is 0 Å². The molecule has 2 aromatic rings. The highest BCUT2D eigenvalue weighted by Crippen LogP contribution is 2.96. The molecule has 1 aromatic carbocycles. The molecule has 1 aromatic heterocycles. The number of Topliss-reactive ketones (excluding diaryl/α,β-unsaturated/α-hetero) is 1. The molecule has 90 heavy (non-hydrogen) atoms. The normalized spacial score (nSPS) is 52.0. The highest BCUT2D eigenvalue weighted by atomic mass is 16.7. The number of carbonyl (C=O) groups is 3. The van der Waals surface area contributed by atoms with Crippen molar-refractivity contribution in [2.45, 2.75) is 221 Å². The Morgan fingerprint density at radius 1 is 0.856 bits per heavy atom. The van der Waals surface area contributed by atoms with E-state index in [1.54, 1.807) is 6.26 Å². The average molecular weight is 1230 g/mol. The van der Waals surface area contributed by atoms with Crippen LogP contribution in [0.25, 0.3) is 0 Å². The number of esters is 2. The predicted molar refractivity (Wildman–Crippen MR) is 331 cm³/mol. The van der Waals surface area contributed by atoms with Gasteiger partial charge in [0.05, 0.1) is 42.6 Å². The van der Waals surface area contributed by atoms with Crippen molar-refractivity contribution in [2.24, 2.45) is 109 Å². The number of aliphatic hydroxyl groups excluding tert-OH is 3. The quantitative estimate of drug-likeness (QED) is 0.100. The highest BCUT2D eigenvalue weighted by molar-refractivity contribution is 5.96. The topological polar surface area (TPSA) is 181 Å². The lowest BCUT2D eigenvalue weighted by atomic mass is 9.28. The molecule has 7 spiro atoms. The molecule has 18 aliphatic rings. The summed E-state index contributed by atoms with van der Waals surface area (Å²) in [4.78, 5) is 53.2. The summed E-state index contributed by atoms with van der Waals surface area (Å²) in [7, 11) is 0. The SMILES string of the molecule is CC12CC3CC45C6CC7=CCC8(C9CCCCC9)OC79C7(COC(=O)C94C=CC(C6)C54CCC5(CCCC5)C4)C8C(=O)C(O)C(C4CCCC(Cc5ccccc5)C4)(C37)C13OC3C(=O)OC2c1ccoc1CC(C(O)CO)C1CCC2C(C=CN3CNCC23)C1. The zero-order valence-corrected chi connectivity index (χ0v) is 53.0.